The lowest BCUT2D eigenvalue weighted by atomic mass is 10.0. The minimum absolute atomic E-state index is 0.0595. The molecule has 1 saturated heterocycles. The predicted octanol–water partition coefficient (Wildman–Crippen LogP) is 2.14. The number of likely N-dealkylation sites (tertiary alicyclic amines) is 1. The van der Waals surface area contributed by atoms with Crippen molar-refractivity contribution in [2.75, 3.05) is 6.54 Å². The van der Waals surface area contributed by atoms with E-state index in [0.29, 0.717) is 24.9 Å². The number of hydrogen-bond donors (Lipinski definition) is 2. The van der Waals surface area contributed by atoms with Gasteiger partial charge in [-0.15, -0.1) is 0 Å². The Morgan fingerprint density at radius 2 is 1.87 bits per heavy atom. The van der Waals surface area contributed by atoms with Gasteiger partial charge in [-0.1, -0.05) is 42.5 Å². The number of primary amides is 1. The van der Waals surface area contributed by atoms with Crippen LogP contribution in [0.4, 0.5) is 9.18 Å². The van der Waals surface area contributed by atoms with Crippen LogP contribution in [-0.2, 0) is 27.4 Å². The Morgan fingerprint density at radius 3 is 2.57 bits per heavy atom. The quantitative estimate of drug-likeness (QED) is 0.726. The van der Waals surface area contributed by atoms with Crippen molar-refractivity contribution in [1.29, 1.82) is 0 Å². The number of hydrogen-bond acceptors (Lipinski definition) is 4. The Bertz CT molecular complexity index is 906. The second-order valence-corrected chi connectivity index (χ2v) is 7.19. The Balaban J connectivity index is 1.60. The maximum Gasteiger partial charge on any atom is 0.410 e. The molecule has 0 saturated carbocycles. The molecule has 2 atom stereocenters. The highest BCUT2D eigenvalue weighted by Crippen LogP contribution is 2.19. The van der Waals surface area contributed by atoms with E-state index in [1.807, 2.05) is 30.3 Å². The molecular formula is C22H24FN3O4. The molecule has 30 heavy (non-hydrogen) atoms. The summed E-state index contributed by atoms with van der Waals surface area (Å²) in [5.41, 5.74) is 6.80. The third kappa shape index (κ3) is 5.56. The summed E-state index contributed by atoms with van der Waals surface area (Å²) in [4.78, 5) is 38.4. The zero-order valence-electron chi connectivity index (χ0n) is 16.4. The highest BCUT2D eigenvalue weighted by molar-refractivity contribution is 5.91. The van der Waals surface area contributed by atoms with Crippen molar-refractivity contribution < 1.29 is 23.5 Å². The number of ether oxygens (including phenoxy) is 1. The predicted molar refractivity (Wildman–Crippen MR) is 108 cm³/mol. The number of rotatable bonds is 7. The summed E-state index contributed by atoms with van der Waals surface area (Å²) in [6.07, 6.45) is 0.572. The maximum atomic E-state index is 13.4. The highest BCUT2D eigenvalue weighted by atomic mass is 19.1. The summed E-state index contributed by atoms with van der Waals surface area (Å²) in [6.45, 7) is 0.491. The van der Waals surface area contributed by atoms with Gasteiger partial charge in [-0.3, -0.25) is 14.5 Å². The van der Waals surface area contributed by atoms with Gasteiger partial charge in [0, 0.05) is 13.0 Å². The lowest BCUT2D eigenvalue weighted by Crippen LogP contribution is -2.53. The molecule has 3 amide bonds. The summed E-state index contributed by atoms with van der Waals surface area (Å²) in [5, 5.41) is 2.60. The van der Waals surface area contributed by atoms with Crippen molar-refractivity contribution in [2.24, 2.45) is 5.73 Å². The summed E-state index contributed by atoms with van der Waals surface area (Å²) < 4.78 is 18.7. The van der Waals surface area contributed by atoms with E-state index in [1.165, 1.54) is 23.1 Å². The summed E-state index contributed by atoms with van der Waals surface area (Å²) >= 11 is 0. The van der Waals surface area contributed by atoms with Crippen molar-refractivity contribution in [1.82, 2.24) is 10.2 Å². The third-order valence-electron chi connectivity index (χ3n) is 4.98. The zero-order chi connectivity index (χ0) is 21.5. The molecule has 0 spiro atoms. The number of carbonyl (C=O) groups excluding carboxylic acids is 3. The molecule has 8 heteroatoms. The molecule has 1 aliphatic rings. The van der Waals surface area contributed by atoms with Gasteiger partial charge in [-0.05, 0) is 36.1 Å². The lowest BCUT2D eigenvalue weighted by Gasteiger charge is -2.25. The fraction of sp³-hybridized carbons (Fsp3) is 0.318. The van der Waals surface area contributed by atoms with Gasteiger partial charge in [-0.25, -0.2) is 9.18 Å². The fourth-order valence-electron chi connectivity index (χ4n) is 3.45. The average molecular weight is 413 g/mol. The molecule has 7 nitrogen and oxygen atoms in total. The minimum atomic E-state index is -1.01. The number of halogens is 1. The SMILES string of the molecule is NC(=O)[C@H](Cc1cccc(F)c1)NC(=O)[C@H]1CCCN1C(=O)OCc1ccccc1. The van der Waals surface area contributed by atoms with Crippen LogP contribution in [0, 0.1) is 5.82 Å². The number of nitrogens with zero attached hydrogens (tertiary/aromatic N) is 1. The van der Waals surface area contributed by atoms with Crippen molar-refractivity contribution in [2.45, 2.75) is 38.0 Å². The molecule has 3 N–H and O–H groups in total. The maximum absolute atomic E-state index is 13.4. The van der Waals surface area contributed by atoms with Crippen molar-refractivity contribution in [3.63, 3.8) is 0 Å². The van der Waals surface area contributed by atoms with Gasteiger partial charge in [0.25, 0.3) is 0 Å². The number of amides is 3. The van der Waals surface area contributed by atoms with Gasteiger partial charge >= 0.3 is 6.09 Å². The van der Waals surface area contributed by atoms with E-state index in [9.17, 15) is 18.8 Å². The van der Waals surface area contributed by atoms with Gasteiger partial charge in [0.2, 0.25) is 11.8 Å². The molecule has 0 aliphatic carbocycles. The smallest absolute Gasteiger partial charge is 0.410 e. The molecule has 1 aliphatic heterocycles. The Labute approximate surface area is 174 Å². The molecule has 0 radical (unpaired) electrons. The Morgan fingerprint density at radius 1 is 1.13 bits per heavy atom. The van der Waals surface area contributed by atoms with E-state index in [2.05, 4.69) is 5.32 Å². The number of benzene rings is 2. The van der Waals surface area contributed by atoms with Crippen LogP contribution in [0.3, 0.4) is 0 Å². The van der Waals surface area contributed by atoms with Gasteiger partial charge in [0.1, 0.15) is 24.5 Å². The molecule has 0 unspecified atom stereocenters. The molecule has 1 fully saturated rings. The normalized spacial score (nSPS) is 16.7. The molecule has 158 valence electrons. The third-order valence-corrected chi connectivity index (χ3v) is 4.98. The van der Waals surface area contributed by atoms with E-state index in [4.69, 9.17) is 10.5 Å². The van der Waals surface area contributed by atoms with E-state index < -0.39 is 35.8 Å². The van der Waals surface area contributed by atoms with Gasteiger partial charge in [-0.2, -0.15) is 0 Å². The lowest BCUT2D eigenvalue weighted by molar-refractivity contribution is -0.130. The number of nitrogens with two attached hydrogens (primary N) is 1. The summed E-state index contributed by atoms with van der Waals surface area (Å²) in [7, 11) is 0. The first-order valence-corrected chi connectivity index (χ1v) is 9.75. The van der Waals surface area contributed by atoms with Crippen LogP contribution < -0.4 is 11.1 Å². The highest BCUT2D eigenvalue weighted by Gasteiger charge is 2.36. The number of carbonyl (C=O) groups is 3. The van der Waals surface area contributed by atoms with E-state index in [1.54, 1.807) is 6.07 Å². The first-order valence-electron chi connectivity index (χ1n) is 9.75. The average Bonchev–Trinajstić information content (AvgIpc) is 3.22. The molecule has 3 rings (SSSR count). The van der Waals surface area contributed by atoms with Gasteiger partial charge in [0.15, 0.2) is 0 Å². The molecule has 0 bridgehead atoms. The summed E-state index contributed by atoms with van der Waals surface area (Å²) in [5.74, 6) is -1.65. The van der Waals surface area contributed by atoms with Crippen LogP contribution in [0.5, 0.6) is 0 Å². The van der Waals surface area contributed by atoms with E-state index >= 15 is 0 Å². The van der Waals surface area contributed by atoms with Crippen LogP contribution in [0.25, 0.3) is 0 Å². The Hall–Kier alpha value is -3.42. The second kappa shape index (κ2) is 9.87. The first-order chi connectivity index (χ1) is 14.4. The van der Waals surface area contributed by atoms with Crippen LogP contribution in [0.1, 0.15) is 24.0 Å². The van der Waals surface area contributed by atoms with Gasteiger partial charge < -0.3 is 15.8 Å². The van der Waals surface area contributed by atoms with Crippen molar-refractivity contribution in [3.8, 4) is 0 Å². The molecule has 2 aromatic rings. The van der Waals surface area contributed by atoms with Crippen molar-refractivity contribution >= 4 is 17.9 Å². The number of nitrogens with one attached hydrogen (secondary N) is 1. The molecular weight excluding hydrogens is 389 g/mol. The van der Waals surface area contributed by atoms with Crippen molar-refractivity contribution in [3.05, 3.63) is 71.5 Å². The molecule has 2 aromatic carbocycles. The molecule has 1 heterocycles. The van der Waals surface area contributed by atoms with Crippen LogP contribution >= 0.6 is 0 Å². The minimum Gasteiger partial charge on any atom is -0.445 e. The fourth-order valence-corrected chi connectivity index (χ4v) is 3.45. The Kier molecular flexibility index (Phi) is 7.00. The van der Waals surface area contributed by atoms with Crippen LogP contribution in [0.2, 0.25) is 0 Å². The summed E-state index contributed by atoms with van der Waals surface area (Å²) in [6, 6.07) is 13.2. The standard InChI is InChI=1S/C22H24FN3O4/c23-17-9-4-8-16(12-17)13-18(20(24)27)25-21(28)19-10-5-11-26(19)22(29)30-14-15-6-2-1-3-7-15/h1-4,6-9,12,18-19H,5,10-11,13-14H2,(H2,24,27)(H,25,28)/t18-,19+/m0/s1. The largest absolute Gasteiger partial charge is 0.445 e. The van der Waals surface area contributed by atoms with Crippen LogP contribution in [-0.4, -0.2) is 41.4 Å². The first kappa shape index (κ1) is 21.3. The molecule has 0 aromatic heterocycles. The van der Waals surface area contributed by atoms with E-state index in [0.717, 1.165) is 5.56 Å². The van der Waals surface area contributed by atoms with Crippen LogP contribution in [0.15, 0.2) is 54.6 Å². The second-order valence-electron chi connectivity index (χ2n) is 7.19. The topological polar surface area (TPSA) is 102 Å². The van der Waals surface area contributed by atoms with Gasteiger partial charge in [0.05, 0.1) is 0 Å². The monoisotopic (exact) mass is 413 g/mol. The zero-order valence-corrected chi connectivity index (χ0v) is 16.4. The van der Waals surface area contributed by atoms with E-state index in [-0.39, 0.29) is 13.0 Å².